The molecule has 0 amide bonds. The molecular formula is C19H21F2N. The maximum absolute atomic E-state index is 13.0. The Morgan fingerprint density at radius 3 is 2.05 bits per heavy atom. The highest BCUT2D eigenvalue weighted by Gasteiger charge is 2.22. The van der Waals surface area contributed by atoms with Crippen molar-refractivity contribution in [2.45, 2.75) is 38.3 Å². The van der Waals surface area contributed by atoms with E-state index >= 15 is 0 Å². The molecule has 2 aromatic carbocycles. The van der Waals surface area contributed by atoms with Crippen LogP contribution >= 0.6 is 0 Å². The van der Waals surface area contributed by atoms with Crippen LogP contribution in [0.4, 0.5) is 8.78 Å². The molecule has 1 fully saturated rings. The third-order valence-electron chi connectivity index (χ3n) is 4.43. The highest BCUT2D eigenvalue weighted by Crippen LogP contribution is 2.23. The van der Waals surface area contributed by atoms with Gasteiger partial charge in [-0.15, -0.1) is 0 Å². The van der Waals surface area contributed by atoms with Crippen molar-refractivity contribution < 1.29 is 8.78 Å². The molecule has 0 N–H and O–H groups in total. The van der Waals surface area contributed by atoms with Gasteiger partial charge >= 0.3 is 0 Å². The Kier molecular flexibility index (Phi) is 4.84. The van der Waals surface area contributed by atoms with Gasteiger partial charge in [0.15, 0.2) is 0 Å². The predicted octanol–water partition coefficient (Wildman–Crippen LogP) is 4.56. The number of nitrogens with zero attached hydrogens (tertiary/aromatic N) is 1. The van der Waals surface area contributed by atoms with E-state index in [9.17, 15) is 8.78 Å². The molecule has 0 spiro atoms. The van der Waals surface area contributed by atoms with Crippen LogP contribution in [0, 0.1) is 11.6 Å². The molecule has 1 atom stereocenters. The van der Waals surface area contributed by atoms with Crippen LogP contribution < -0.4 is 0 Å². The Hall–Kier alpha value is -1.74. The molecule has 0 radical (unpaired) electrons. The predicted molar refractivity (Wildman–Crippen MR) is 84.6 cm³/mol. The average molecular weight is 301 g/mol. The number of hydrogen-bond donors (Lipinski definition) is 0. The molecule has 0 bridgehead atoms. The van der Waals surface area contributed by atoms with Gasteiger partial charge in [-0.3, -0.25) is 4.90 Å². The summed E-state index contributed by atoms with van der Waals surface area (Å²) in [5.41, 5.74) is 2.32. The number of rotatable bonds is 4. The molecule has 1 aliphatic heterocycles. The zero-order chi connectivity index (χ0) is 15.4. The van der Waals surface area contributed by atoms with Crippen molar-refractivity contribution in [1.29, 1.82) is 0 Å². The number of benzene rings is 2. The van der Waals surface area contributed by atoms with Gasteiger partial charge in [0.1, 0.15) is 11.6 Å². The summed E-state index contributed by atoms with van der Waals surface area (Å²) in [5.74, 6) is -0.374. The minimum Gasteiger partial charge on any atom is -0.296 e. The van der Waals surface area contributed by atoms with Crippen molar-refractivity contribution in [1.82, 2.24) is 4.90 Å². The molecule has 1 saturated heterocycles. The quantitative estimate of drug-likeness (QED) is 0.800. The van der Waals surface area contributed by atoms with E-state index in [4.69, 9.17) is 0 Å². The Bertz CT molecular complexity index is 536. The van der Waals surface area contributed by atoms with Gasteiger partial charge in [0, 0.05) is 12.6 Å². The largest absolute Gasteiger partial charge is 0.296 e. The molecule has 2 aromatic rings. The lowest BCUT2D eigenvalue weighted by atomic mass is 9.95. The minimum absolute atomic E-state index is 0.185. The van der Waals surface area contributed by atoms with E-state index in [0.717, 1.165) is 25.1 Å². The van der Waals surface area contributed by atoms with Gasteiger partial charge in [-0.1, -0.05) is 30.7 Å². The highest BCUT2D eigenvalue weighted by molar-refractivity contribution is 5.19. The molecule has 3 rings (SSSR count). The van der Waals surface area contributed by atoms with Gasteiger partial charge in [0.2, 0.25) is 0 Å². The number of halogens is 2. The summed E-state index contributed by atoms with van der Waals surface area (Å²) in [6.45, 7) is 1.93. The Morgan fingerprint density at radius 2 is 1.41 bits per heavy atom. The summed E-state index contributed by atoms with van der Waals surface area (Å²) < 4.78 is 26.0. The minimum atomic E-state index is -0.190. The summed E-state index contributed by atoms with van der Waals surface area (Å²) >= 11 is 0. The topological polar surface area (TPSA) is 3.24 Å². The van der Waals surface area contributed by atoms with Crippen LogP contribution in [-0.2, 0) is 13.0 Å². The van der Waals surface area contributed by atoms with Gasteiger partial charge < -0.3 is 0 Å². The highest BCUT2D eigenvalue weighted by atomic mass is 19.1. The fourth-order valence-electron chi connectivity index (χ4n) is 3.22. The van der Waals surface area contributed by atoms with E-state index in [1.807, 2.05) is 24.3 Å². The smallest absolute Gasteiger partial charge is 0.123 e. The average Bonchev–Trinajstić information content (AvgIpc) is 2.54. The fourth-order valence-corrected chi connectivity index (χ4v) is 3.22. The first kappa shape index (κ1) is 15.2. The first-order valence-electron chi connectivity index (χ1n) is 7.93. The molecule has 0 aliphatic carbocycles. The SMILES string of the molecule is Fc1ccc(CC2CCCCN2Cc2ccc(F)cc2)cc1. The van der Waals surface area contributed by atoms with E-state index in [0.29, 0.717) is 6.04 Å². The summed E-state index contributed by atoms with van der Waals surface area (Å²) in [5, 5.41) is 0. The maximum Gasteiger partial charge on any atom is 0.123 e. The molecule has 0 saturated carbocycles. The summed E-state index contributed by atoms with van der Waals surface area (Å²) in [6.07, 6.45) is 4.56. The van der Waals surface area contributed by atoms with Gasteiger partial charge in [-0.25, -0.2) is 8.78 Å². The third kappa shape index (κ3) is 3.92. The standard InChI is InChI=1S/C19H21F2N/c20-17-8-4-15(5-9-17)13-19-3-1-2-12-22(19)14-16-6-10-18(21)11-7-16/h4-11,19H,1-3,12-14H2. The van der Waals surface area contributed by atoms with E-state index in [1.165, 1.54) is 49.1 Å². The van der Waals surface area contributed by atoms with Crippen LogP contribution in [0.3, 0.4) is 0 Å². The van der Waals surface area contributed by atoms with Gasteiger partial charge in [-0.2, -0.15) is 0 Å². The second-order valence-electron chi connectivity index (χ2n) is 6.08. The first-order chi connectivity index (χ1) is 10.7. The van der Waals surface area contributed by atoms with Gasteiger partial charge in [-0.05, 0) is 61.2 Å². The van der Waals surface area contributed by atoms with Crippen LogP contribution in [0.2, 0.25) is 0 Å². The maximum atomic E-state index is 13.0. The van der Waals surface area contributed by atoms with Crippen molar-refractivity contribution in [2.75, 3.05) is 6.54 Å². The van der Waals surface area contributed by atoms with Crippen LogP contribution in [-0.4, -0.2) is 17.5 Å². The fraction of sp³-hybridized carbons (Fsp3) is 0.368. The summed E-state index contributed by atoms with van der Waals surface area (Å²) in [4.78, 5) is 2.47. The molecule has 1 aliphatic rings. The summed E-state index contributed by atoms with van der Waals surface area (Å²) in [6, 6.07) is 14.1. The van der Waals surface area contributed by atoms with Crippen molar-refractivity contribution >= 4 is 0 Å². The third-order valence-corrected chi connectivity index (χ3v) is 4.43. The second-order valence-corrected chi connectivity index (χ2v) is 6.08. The van der Waals surface area contributed by atoms with E-state index in [2.05, 4.69) is 4.90 Å². The Labute approximate surface area is 130 Å². The molecular weight excluding hydrogens is 280 g/mol. The summed E-state index contributed by atoms with van der Waals surface area (Å²) in [7, 11) is 0. The van der Waals surface area contributed by atoms with Crippen molar-refractivity contribution in [3.8, 4) is 0 Å². The van der Waals surface area contributed by atoms with Crippen LogP contribution in [0.15, 0.2) is 48.5 Å². The Balaban J connectivity index is 1.68. The molecule has 116 valence electrons. The van der Waals surface area contributed by atoms with Crippen molar-refractivity contribution in [3.05, 3.63) is 71.3 Å². The zero-order valence-electron chi connectivity index (χ0n) is 12.6. The Morgan fingerprint density at radius 1 is 0.818 bits per heavy atom. The molecule has 22 heavy (non-hydrogen) atoms. The number of likely N-dealkylation sites (tertiary alicyclic amines) is 1. The molecule has 1 heterocycles. The molecule has 1 nitrogen and oxygen atoms in total. The van der Waals surface area contributed by atoms with Gasteiger partial charge in [0.05, 0.1) is 0 Å². The monoisotopic (exact) mass is 301 g/mol. The lowest BCUT2D eigenvalue weighted by Crippen LogP contribution is -2.40. The van der Waals surface area contributed by atoms with Crippen molar-refractivity contribution in [2.24, 2.45) is 0 Å². The lowest BCUT2D eigenvalue weighted by Gasteiger charge is -2.36. The lowest BCUT2D eigenvalue weighted by molar-refractivity contribution is 0.139. The zero-order valence-corrected chi connectivity index (χ0v) is 12.6. The van der Waals surface area contributed by atoms with Crippen molar-refractivity contribution in [3.63, 3.8) is 0 Å². The van der Waals surface area contributed by atoms with Gasteiger partial charge in [0.25, 0.3) is 0 Å². The van der Waals surface area contributed by atoms with E-state index < -0.39 is 0 Å². The van der Waals surface area contributed by atoms with Crippen LogP contribution in [0.1, 0.15) is 30.4 Å². The molecule has 1 unspecified atom stereocenters. The normalized spacial score (nSPS) is 19.3. The van der Waals surface area contributed by atoms with E-state index in [-0.39, 0.29) is 11.6 Å². The second kappa shape index (κ2) is 7.01. The molecule has 0 aromatic heterocycles. The van der Waals surface area contributed by atoms with E-state index in [1.54, 1.807) is 0 Å². The van der Waals surface area contributed by atoms with Crippen LogP contribution in [0.5, 0.6) is 0 Å². The molecule has 3 heteroatoms. The van der Waals surface area contributed by atoms with Crippen LogP contribution in [0.25, 0.3) is 0 Å². The number of hydrogen-bond acceptors (Lipinski definition) is 1. The number of piperidine rings is 1. The first-order valence-corrected chi connectivity index (χ1v) is 7.93.